The average Bonchev–Trinajstić information content (AvgIpc) is 3.07. The summed E-state index contributed by atoms with van der Waals surface area (Å²) in [6, 6.07) is 33.2. The molecule has 224 valence electrons. The van der Waals surface area contributed by atoms with Crippen LogP contribution in [0, 0.1) is 5.92 Å². The Morgan fingerprint density at radius 3 is 2.07 bits per heavy atom. The third-order valence-corrected chi connectivity index (χ3v) is 7.76. The molecule has 3 aromatic carbocycles. The summed E-state index contributed by atoms with van der Waals surface area (Å²) in [5.74, 6) is -1.20. The first-order chi connectivity index (χ1) is 21.6. The number of rotatable bonds is 15. The minimum absolute atomic E-state index is 0.162. The number of hydrogen-bond acceptors (Lipinski definition) is 6. The number of benzene rings is 3. The lowest BCUT2D eigenvalue weighted by Crippen LogP contribution is -2.37. The van der Waals surface area contributed by atoms with E-state index in [-0.39, 0.29) is 17.7 Å². The Bertz CT molecular complexity index is 1640. The summed E-state index contributed by atoms with van der Waals surface area (Å²) in [5.41, 5.74) is 4.55. The Labute approximate surface area is 259 Å². The number of aromatic nitrogens is 2. The number of nitrogens with zero attached hydrogens (tertiary/aromatic N) is 2. The molecule has 2 atom stereocenters. The molecule has 3 N–H and O–H groups in total. The van der Waals surface area contributed by atoms with Gasteiger partial charge in [0.05, 0.1) is 17.4 Å². The fourth-order valence-electron chi connectivity index (χ4n) is 5.38. The molecule has 0 aliphatic carbocycles. The summed E-state index contributed by atoms with van der Waals surface area (Å²) < 4.78 is 0. The van der Waals surface area contributed by atoms with Crippen LogP contribution in [0.5, 0.6) is 0 Å². The van der Waals surface area contributed by atoms with Gasteiger partial charge in [-0.3, -0.25) is 19.6 Å². The van der Waals surface area contributed by atoms with E-state index in [0.717, 1.165) is 33.3 Å². The molecule has 0 saturated heterocycles. The number of amides is 1. The number of hydrogen-bond donors (Lipinski definition) is 3. The third-order valence-electron chi connectivity index (χ3n) is 7.76. The maximum absolute atomic E-state index is 13.8. The fraction of sp³-hybridized carbons (Fsp3) is 0.243. The minimum atomic E-state index is -0.794. The highest BCUT2D eigenvalue weighted by molar-refractivity contribution is 6.10. The zero-order valence-electron chi connectivity index (χ0n) is 25.1. The molecule has 0 aliphatic heterocycles. The molecule has 1 amide bonds. The van der Waals surface area contributed by atoms with Crippen molar-refractivity contribution in [3.8, 4) is 0 Å². The zero-order chi connectivity index (χ0) is 30.6. The summed E-state index contributed by atoms with van der Waals surface area (Å²) in [7, 11) is 0. The van der Waals surface area contributed by atoms with Gasteiger partial charge in [-0.1, -0.05) is 78.9 Å². The molecule has 44 heavy (non-hydrogen) atoms. The second-order valence-corrected chi connectivity index (χ2v) is 11.0. The van der Waals surface area contributed by atoms with E-state index in [1.807, 2.05) is 91.9 Å². The summed E-state index contributed by atoms with van der Waals surface area (Å²) in [4.78, 5) is 36.2. The normalized spacial score (nSPS) is 12.5. The predicted molar refractivity (Wildman–Crippen MR) is 175 cm³/mol. The first-order valence-electron chi connectivity index (χ1n) is 15.2. The summed E-state index contributed by atoms with van der Waals surface area (Å²) in [5, 5.41) is 12.1. The van der Waals surface area contributed by atoms with Crippen LogP contribution in [0.2, 0.25) is 0 Å². The molecular weight excluding hydrogens is 546 g/mol. The van der Waals surface area contributed by atoms with Crippen molar-refractivity contribution in [2.75, 3.05) is 6.54 Å². The van der Waals surface area contributed by atoms with Crippen LogP contribution in [0.15, 0.2) is 116 Å². The second kappa shape index (κ2) is 15.7. The number of fused-ring (bicyclic) bond motifs is 1. The third kappa shape index (κ3) is 8.43. The summed E-state index contributed by atoms with van der Waals surface area (Å²) >= 11 is 0. The molecule has 0 saturated carbocycles. The van der Waals surface area contributed by atoms with Crippen LogP contribution < -0.4 is 16.0 Å². The van der Waals surface area contributed by atoms with Gasteiger partial charge in [0.1, 0.15) is 5.92 Å². The van der Waals surface area contributed by atoms with Crippen LogP contribution in [0.3, 0.4) is 0 Å². The first-order valence-corrected chi connectivity index (χ1v) is 15.2. The van der Waals surface area contributed by atoms with Crippen molar-refractivity contribution < 1.29 is 9.59 Å². The Morgan fingerprint density at radius 2 is 1.36 bits per heavy atom. The Hall–Kier alpha value is -4.72. The number of ketones is 1. The quantitative estimate of drug-likeness (QED) is 0.0773. The van der Waals surface area contributed by atoms with Gasteiger partial charge in [-0.2, -0.15) is 0 Å². The van der Waals surface area contributed by atoms with Crippen LogP contribution >= 0.6 is 0 Å². The van der Waals surface area contributed by atoms with Crippen molar-refractivity contribution in [3.63, 3.8) is 0 Å². The monoisotopic (exact) mass is 585 g/mol. The molecule has 2 heterocycles. The first kappa shape index (κ1) is 30.7. The maximum atomic E-state index is 13.8. The molecule has 7 heteroatoms. The number of nitrogens with one attached hydrogen (secondary N) is 3. The number of carbonyl (C=O) groups excluding carboxylic acids is 2. The molecule has 7 nitrogen and oxygen atoms in total. The Balaban J connectivity index is 1.24. The molecule has 0 bridgehead atoms. The van der Waals surface area contributed by atoms with Crippen LogP contribution in [0.1, 0.15) is 58.7 Å². The van der Waals surface area contributed by atoms with E-state index in [2.05, 4.69) is 44.1 Å². The Kier molecular flexibility index (Phi) is 10.9. The van der Waals surface area contributed by atoms with Gasteiger partial charge >= 0.3 is 0 Å². The highest BCUT2D eigenvalue weighted by Gasteiger charge is 2.28. The number of carbonyl (C=O) groups is 2. The Morgan fingerprint density at radius 1 is 0.705 bits per heavy atom. The van der Waals surface area contributed by atoms with Crippen LogP contribution in [-0.4, -0.2) is 28.2 Å². The average molecular weight is 586 g/mol. The topological polar surface area (TPSA) is 96.0 Å². The molecule has 5 rings (SSSR count). The van der Waals surface area contributed by atoms with Gasteiger partial charge in [0.2, 0.25) is 5.91 Å². The highest BCUT2D eigenvalue weighted by atomic mass is 16.2. The van der Waals surface area contributed by atoms with Gasteiger partial charge in [-0.25, -0.2) is 0 Å². The van der Waals surface area contributed by atoms with E-state index < -0.39 is 5.92 Å². The van der Waals surface area contributed by atoms with Gasteiger partial charge in [-0.05, 0) is 72.5 Å². The van der Waals surface area contributed by atoms with E-state index in [1.54, 1.807) is 12.4 Å². The minimum Gasteiger partial charge on any atom is -0.349 e. The van der Waals surface area contributed by atoms with E-state index in [9.17, 15) is 9.59 Å². The summed E-state index contributed by atoms with van der Waals surface area (Å²) in [6.45, 7) is 4.60. The zero-order valence-corrected chi connectivity index (χ0v) is 25.1. The van der Waals surface area contributed by atoms with E-state index in [1.165, 1.54) is 0 Å². The molecule has 2 aromatic heterocycles. The van der Waals surface area contributed by atoms with Crippen LogP contribution in [0.25, 0.3) is 10.8 Å². The van der Waals surface area contributed by atoms with E-state index in [0.29, 0.717) is 44.6 Å². The lowest BCUT2D eigenvalue weighted by molar-refractivity contribution is -0.124. The van der Waals surface area contributed by atoms with Gasteiger partial charge in [0.25, 0.3) is 0 Å². The molecule has 5 aromatic rings. The molecule has 0 radical (unpaired) electrons. The standard InChI is InChI=1S/C37H39N5O2/c1-27(33-15-8-11-29-10-2-3-14-34(29)33)42-37(44)35(16-9-21-38-25-31-12-4-6-22-40-31)36(43)30-19-17-28(18-20-30)24-39-26-32-13-5-7-23-41-32/h2-8,10-15,17-20,22-23,27,35,38-39H,9,16,21,24-26H2,1H3,(H,42,44)/t27-,35?/m0/s1. The molecule has 0 spiro atoms. The lowest BCUT2D eigenvalue weighted by Gasteiger charge is -2.21. The molecule has 0 aliphatic rings. The predicted octanol–water partition coefficient (Wildman–Crippen LogP) is 6.17. The lowest BCUT2D eigenvalue weighted by atomic mass is 9.91. The number of pyridine rings is 2. The van der Waals surface area contributed by atoms with E-state index >= 15 is 0 Å². The van der Waals surface area contributed by atoms with Gasteiger partial charge in [-0.15, -0.1) is 0 Å². The van der Waals surface area contributed by atoms with Crippen LogP contribution in [0.4, 0.5) is 0 Å². The van der Waals surface area contributed by atoms with Crippen molar-refractivity contribution >= 4 is 22.5 Å². The second-order valence-electron chi connectivity index (χ2n) is 11.0. The summed E-state index contributed by atoms with van der Waals surface area (Å²) in [6.07, 6.45) is 4.67. The van der Waals surface area contributed by atoms with Gasteiger partial charge in [0.15, 0.2) is 5.78 Å². The highest BCUT2D eigenvalue weighted by Crippen LogP contribution is 2.25. The molecule has 1 unspecified atom stereocenters. The van der Waals surface area contributed by atoms with Gasteiger partial charge < -0.3 is 16.0 Å². The van der Waals surface area contributed by atoms with Crippen molar-refractivity contribution in [2.24, 2.45) is 5.92 Å². The van der Waals surface area contributed by atoms with Crippen molar-refractivity contribution in [3.05, 3.63) is 144 Å². The molecule has 0 fully saturated rings. The molecular formula is C37H39N5O2. The van der Waals surface area contributed by atoms with Gasteiger partial charge in [0, 0.05) is 37.6 Å². The fourth-order valence-corrected chi connectivity index (χ4v) is 5.38. The maximum Gasteiger partial charge on any atom is 0.231 e. The largest absolute Gasteiger partial charge is 0.349 e. The van der Waals surface area contributed by atoms with Crippen molar-refractivity contribution in [1.82, 2.24) is 25.9 Å². The van der Waals surface area contributed by atoms with E-state index in [4.69, 9.17) is 0 Å². The van der Waals surface area contributed by atoms with Crippen LogP contribution in [-0.2, 0) is 24.4 Å². The smallest absolute Gasteiger partial charge is 0.231 e. The number of Topliss-reactive ketones (excluding diaryl/α,β-unsaturated/α-hetero) is 1. The SMILES string of the molecule is C[C@H](NC(=O)C(CCCNCc1ccccn1)C(=O)c1ccc(CNCc2ccccn2)cc1)c1cccc2ccccc12. The van der Waals surface area contributed by atoms with Crippen molar-refractivity contribution in [1.29, 1.82) is 0 Å². The van der Waals surface area contributed by atoms with Crippen molar-refractivity contribution in [2.45, 2.75) is 45.4 Å².